The Balaban J connectivity index is 2.40. The van der Waals surface area contributed by atoms with Crippen LogP contribution in [-0.2, 0) is 0 Å². The number of aromatic amines is 1. The fourth-order valence-electron chi connectivity index (χ4n) is 2.21. The molecule has 2 aromatic rings. The van der Waals surface area contributed by atoms with E-state index in [-0.39, 0.29) is 0 Å². The number of aromatic nitrogens is 3. The number of ether oxygens (including phenoxy) is 1. The van der Waals surface area contributed by atoms with E-state index in [0.717, 1.165) is 22.4 Å². The lowest BCUT2D eigenvalue weighted by molar-refractivity contribution is 0.397. The van der Waals surface area contributed by atoms with E-state index < -0.39 is 0 Å². The van der Waals surface area contributed by atoms with Crippen molar-refractivity contribution in [2.45, 2.75) is 39.7 Å². The van der Waals surface area contributed by atoms with Crippen molar-refractivity contribution in [1.29, 1.82) is 0 Å². The van der Waals surface area contributed by atoms with Crippen LogP contribution in [-0.4, -0.2) is 21.6 Å². The second kappa shape index (κ2) is 5.74. The molecular weight excluding hydrogens is 258 g/mol. The van der Waals surface area contributed by atoms with E-state index in [1.54, 1.807) is 7.11 Å². The van der Waals surface area contributed by atoms with Crippen LogP contribution in [0, 0.1) is 10.7 Å². The highest BCUT2D eigenvalue weighted by Gasteiger charge is 2.13. The molecule has 0 aliphatic carbocycles. The summed E-state index contributed by atoms with van der Waals surface area (Å²) in [5, 5.41) is 0. The lowest BCUT2D eigenvalue weighted by Gasteiger charge is -2.15. The third-order valence-electron chi connectivity index (χ3n) is 3.35. The Morgan fingerprint density at radius 1 is 1.32 bits per heavy atom. The molecule has 0 aliphatic rings. The lowest BCUT2D eigenvalue weighted by Crippen LogP contribution is -2.07. The smallest absolute Gasteiger partial charge is 0.215 e. The number of nitrogens with one attached hydrogen (secondary N) is 1. The molecule has 0 aromatic carbocycles. The molecule has 2 rings (SSSR count). The van der Waals surface area contributed by atoms with E-state index in [2.05, 4.69) is 35.3 Å². The Bertz CT molecular complexity index is 615. The van der Waals surface area contributed by atoms with E-state index in [4.69, 9.17) is 17.0 Å². The van der Waals surface area contributed by atoms with Crippen molar-refractivity contribution in [3.05, 3.63) is 16.9 Å². The first-order valence-corrected chi connectivity index (χ1v) is 7.09. The average molecular weight is 279 g/mol. The summed E-state index contributed by atoms with van der Waals surface area (Å²) in [5.74, 6) is 1.32. The van der Waals surface area contributed by atoms with Crippen molar-refractivity contribution >= 4 is 23.4 Å². The first-order chi connectivity index (χ1) is 9.02. The molecular formula is C14H21N3OS. The molecule has 2 aromatic heterocycles. The van der Waals surface area contributed by atoms with Gasteiger partial charge in [-0.25, -0.2) is 0 Å². The maximum absolute atomic E-state index is 5.42. The largest absolute Gasteiger partial charge is 0.481 e. The Morgan fingerprint density at radius 2 is 2.05 bits per heavy atom. The number of H-pyrrole nitrogens is 1. The van der Waals surface area contributed by atoms with Crippen LogP contribution in [0.2, 0.25) is 0 Å². The lowest BCUT2D eigenvalue weighted by atomic mass is 10.0. The van der Waals surface area contributed by atoms with Gasteiger partial charge in [0.25, 0.3) is 0 Å². The number of rotatable bonds is 5. The molecule has 0 saturated carbocycles. The SMILES string of the molecule is COc1ccc2[nH]c(=S)n(C(C)CCC(C)C)c2n1. The van der Waals surface area contributed by atoms with Crippen molar-refractivity contribution in [3.8, 4) is 5.88 Å². The van der Waals surface area contributed by atoms with Crippen LogP contribution in [0.1, 0.15) is 39.7 Å². The van der Waals surface area contributed by atoms with Gasteiger partial charge in [0.2, 0.25) is 5.88 Å². The molecule has 0 saturated heterocycles. The van der Waals surface area contributed by atoms with Crippen LogP contribution < -0.4 is 4.74 Å². The number of hydrogen-bond acceptors (Lipinski definition) is 3. The molecule has 19 heavy (non-hydrogen) atoms. The zero-order valence-electron chi connectivity index (χ0n) is 11.9. The normalized spacial score (nSPS) is 13.1. The third kappa shape index (κ3) is 2.97. The monoisotopic (exact) mass is 279 g/mol. The molecule has 0 bridgehead atoms. The third-order valence-corrected chi connectivity index (χ3v) is 3.65. The van der Waals surface area contributed by atoms with Gasteiger partial charge < -0.3 is 9.72 Å². The summed E-state index contributed by atoms with van der Waals surface area (Å²) in [7, 11) is 1.63. The summed E-state index contributed by atoms with van der Waals surface area (Å²) >= 11 is 5.42. The minimum atomic E-state index is 0.336. The molecule has 104 valence electrons. The molecule has 0 radical (unpaired) electrons. The van der Waals surface area contributed by atoms with Gasteiger partial charge in [0.1, 0.15) is 0 Å². The highest BCUT2D eigenvalue weighted by atomic mass is 32.1. The molecule has 0 fully saturated rings. The van der Waals surface area contributed by atoms with Crippen LogP contribution in [0.3, 0.4) is 0 Å². The minimum Gasteiger partial charge on any atom is -0.481 e. The number of hydrogen-bond donors (Lipinski definition) is 1. The maximum Gasteiger partial charge on any atom is 0.215 e. The average Bonchev–Trinajstić information content (AvgIpc) is 2.70. The summed E-state index contributed by atoms with van der Waals surface area (Å²) in [5.41, 5.74) is 1.84. The van der Waals surface area contributed by atoms with Crippen LogP contribution in [0.5, 0.6) is 5.88 Å². The highest BCUT2D eigenvalue weighted by Crippen LogP contribution is 2.24. The summed E-state index contributed by atoms with van der Waals surface area (Å²) in [6, 6.07) is 4.14. The van der Waals surface area contributed by atoms with Crippen LogP contribution in [0.15, 0.2) is 12.1 Å². The van der Waals surface area contributed by atoms with Gasteiger partial charge in [0.05, 0.1) is 12.6 Å². The Hall–Kier alpha value is -1.36. The standard InChI is InChI=1S/C14H21N3OS/c1-9(2)5-6-10(3)17-13-11(15-14(17)19)7-8-12(16-13)18-4/h7-10H,5-6H2,1-4H3,(H,15,19). The first kappa shape index (κ1) is 14.1. The van der Waals surface area contributed by atoms with E-state index >= 15 is 0 Å². The number of pyridine rings is 1. The molecule has 5 heteroatoms. The summed E-state index contributed by atoms with van der Waals surface area (Å²) in [6.45, 7) is 6.66. The fraction of sp³-hybridized carbons (Fsp3) is 0.571. The zero-order chi connectivity index (χ0) is 14.0. The quantitative estimate of drug-likeness (QED) is 0.838. The number of imidazole rings is 1. The van der Waals surface area contributed by atoms with Crippen LogP contribution in [0.4, 0.5) is 0 Å². The highest BCUT2D eigenvalue weighted by molar-refractivity contribution is 7.71. The van der Waals surface area contributed by atoms with Gasteiger partial charge in [-0.15, -0.1) is 0 Å². The Kier molecular flexibility index (Phi) is 4.24. The van der Waals surface area contributed by atoms with E-state index in [9.17, 15) is 0 Å². The van der Waals surface area contributed by atoms with Gasteiger partial charge in [-0.3, -0.25) is 4.57 Å². The van der Waals surface area contributed by atoms with Gasteiger partial charge in [-0.1, -0.05) is 13.8 Å². The van der Waals surface area contributed by atoms with Crippen molar-refractivity contribution in [1.82, 2.24) is 14.5 Å². The van der Waals surface area contributed by atoms with Gasteiger partial charge in [-0.05, 0) is 44.0 Å². The molecule has 0 amide bonds. The van der Waals surface area contributed by atoms with Crippen molar-refractivity contribution in [2.75, 3.05) is 7.11 Å². The molecule has 1 atom stereocenters. The minimum absolute atomic E-state index is 0.336. The topological polar surface area (TPSA) is 42.8 Å². The zero-order valence-corrected chi connectivity index (χ0v) is 12.8. The van der Waals surface area contributed by atoms with E-state index in [1.165, 1.54) is 6.42 Å². The van der Waals surface area contributed by atoms with Gasteiger partial charge >= 0.3 is 0 Å². The van der Waals surface area contributed by atoms with Gasteiger partial charge in [0, 0.05) is 12.1 Å². The summed E-state index contributed by atoms with van der Waals surface area (Å²) in [6.07, 6.45) is 2.28. The summed E-state index contributed by atoms with van der Waals surface area (Å²) in [4.78, 5) is 7.71. The molecule has 4 nitrogen and oxygen atoms in total. The molecule has 0 aliphatic heterocycles. The van der Waals surface area contributed by atoms with E-state index in [1.807, 2.05) is 12.1 Å². The maximum atomic E-state index is 5.42. The number of methoxy groups -OCH3 is 1. The van der Waals surface area contributed by atoms with Crippen molar-refractivity contribution in [3.63, 3.8) is 0 Å². The predicted molar refractivity (Wildman–Crippen MR) is 80.3 cm³/mol. The molecule has 1 unspecified atom stereocenters. The van der Waals surface area contributed by atoms with Gasteiger partial charge in [0.15, 0.2) is 10.4 Å². The second-order valence-electron chi connectivity index (χ2n) is 5.35. The fourth-order valence-corrected chi connectivity index (χ4v) is 2.59. The second-order valence-corrected chi connectivity index (χ2v) is 5.73. The van der Waals surface area contributed by atoms with Crippen LogP contribution in [0.25, 0.3) is 11.2 Å². The molecule has 0 spiro atoms. The first-order valence-electron chi connectivity index (χ1n) is 6.68. The van der Waals surface area contributed by atoms with Gasteiger partial charge in [-0.2, -0.15) is 4.98 Å². The van der Waals surface area contributed by atoms with Crippen molar-refractivity contribution < 1.29 is 4.74 Å². The molecule has 1 N–H and O–H groups in total. The predicted octanol–water partition coefficient (Wildman–Crippen LogP) is 4.10. The number of fused-ring (bicyclic) bond motifs is 1. The van der Waals surface area contributed by atoms with Crippen molar-refractivity contribution in [2.24, 2.45) is 5.92 Å². The Morgan fingerprint density at radius 3 is 2.68 bits per heavy atom. The van der Waals surface area contributed by atoms with E-state index in [0.29, 0.717) is 17.8 Å². The summed E-state index contributed by atoms with van der Waals surface area (Å²) < 4.78 is 8.01. The Labute approximate surface area is 118 Å². The van der Waals surface area contributed by atoms with Crippen LogP contribution >= 0.6 is 12.2 Å². The number of nitrogens with zero attached hydrogens (tertiary/aromatic N) is 2. The molecule has 2 heterocycles.